The summed E-state index contributed by atoms with van der Waals surface area (Å²) in [5, 5.41) is 9.45. The number of nitrogens with zero attached hydrogens (tertiary/aromatic N) is 2. The first-order valence-electron chi connectivity index (χ1n) is 23.4. The molecule has 22 heteroatoms. The summed E-state index contributed by atoms with van der Waals surface area (Å²) >= 11 is 0. The van der Waals surface area contributed by atoms with Crippen molar-refractivity contribution in [1.29, 1.82) is 0 Å². The molecule has 0 fully saturated rings. The SMILES string of the molecule is CN(C(=O)OC(C)(C)C)[C@@H](CC(C)(C)F)C(=O)O[C@H](Cc1ccc(C(F)(F)F)cc1)C(=O)O.CN(C(=O)OC(C)(C)C)[C@@H](CC(C)(C)F)C(=O)O[C@H](Cc1ccc(C(F)(F)F)cc1)C(=O)OCc1ccccc1.[2H]C#C. The molecule has 0 aliphatic rings. The van der Waals surface area contributed by atoms with Crippen LogP contribution in [0.2, 0.25) is 0 Å². The van der Waals surface area contributed by atoms with Gasteiger partial charge in [0, 0.05) is 39.8 Å². The average Bonchev–Trinajstić information content (AvgIpc) is 3.27. The summed E-state index contributed by atoms with van der Waals surface area (Å²) in [6, 6.07) is 13.4. The molecule has 0 aliphatic heterocycles. The molecule has 3 aromatic carbocycles. The van der Waals surface area contributed by atoms with E-state index in [0.717, 1.165) is 58.3 Å². The Morgan fingerprint density at radius 3 is 1.19 bits per heavy atom. The fraction of sp³-hybridized carbons (Fsp3) is 0.509. The monoisotopic (exact) mass is 1080 g/mol. The summed E-state index contributed by atoms with van der Waals surface area (Å²) in [4.78, 5) is 77.5. The van der Waals surface area contributed by atoms with Crippen LogP contribution in [-0.2, 0) is 74.7 Å². The number of benzene rings is 3. The van der Waals surface area contributed by atoms with Crippen molar-refractivity contribution in [1.82, 2.24) is 9.80 Å². The van der Waals surface area contributed by atoms with Crippen LogP contribution in [0.15, 0.2) is 78.9 Å². The first-order valence-corrected chi connectivity index (χ1v) is 22.9. The van der Waals surface area contributed by atoms with Crippen LogP contribution in [-0.4, -0.2) is 112 Å². The fourth-order valence-corrected chi connectivity index (χ4v) is 6.30. The first-order chi connectivity index (χ1) is 34.6. The van der Waals surface area contributed by atoms with E-state index in [1.165, 1.54) is 48.2 Å². The summed E-state index contributed by atoms with van der Waals surface area (Å²) in [6.45, 7) is 14.3. The van der Waals surface area contributed by atoms with Crippen LogP contribution in [0.5, 0.6) is 0 Å². The number of hydrogen-bond donors (Lipinski definition) is 1. The summed E-state index contributed by atoms with van der Waals surface area (Å²) < 4.78 is 138. The number of rotatable bonds is 18. The van der Waals surface area contributed by atoms with Crippen molar-refractivity contribution in [2.45, 2.75) is 161 Å². The van der Waals surface area contributed by atoms with Crippen LogP contribution in [0.4, 0.5) is 44.7 Å². The third-order valence-electron chi connectivity index (χ3n) is 9.88. The van der Waals surface area contributed by atoms with Crippen molar-refractivity contribution in [3.63, 3.8) is 0 Å². The summed E-state index contributed by atoms with van der Waals surface area (Å²) in [7, 11) is 2.43. The number of carbonyl (C=O) groups excluding carboxylic acids is 5. The lowest BCUT2D eigenvalue weighted by Crippen LogP contribution is -2.49. The lowest BCUT2D eigenvalue weighted by molar-refractivity contribution is -0.172. The smallest absolute Gasteiger partial charge is 0.416 e. The number of hydrogen-bond acceptors (Lipinski definition) is 11. The molecule has 0 heterocycles. The highest BCUT2D eigenvalue weighted by molar-refractivity contribution is 5.85. The highest BCUT2D eigenvalue weighted by Gasteiger charge is 2.41. The van der Waals surface area contributed by atoms with Gasteiger partial charge in [-0.2, -0.15) is 26.3 Å². The molecule has 0 spiro atoms. The van der Waals surface area contributed by atoms with Gasteiger partial charge < -0.3 is 28.8 Å². The molecule has 416 valence electrons. The Morgan fingerprint density at radius 1 is 0.547 bits per heavy atom. The molecule has 0 saturated heterocycles. The van der Waals surface area contributed by atoms with Gasteiger partial charge >= 0.3 is 48.4 Å². The molecular weight excluding hydrogens is 1010 g/mol. The Morgan fingerprint density at radius 2 is 0.880 bits per heavy atom. The van der Waals surface area contributed by atoms with Gasteiger partial charge in [-0.05, 0) is 110 Å². The molecule has 0 aliphatic carbocycles. The summed E-state index contributed by atoms with van der Waals surface area (Å²) in [5.41, 5.74) is -6.38. The zero-order chi connectivity index (χ0) is 58.8. The number of carbonyl (C=O) groups is 6. The zero-order valence-corrected chi connectivity index (χ0v) is 43.8. The van der Waals surface area contributed by atoms with Crippen molar-refractivity contribution in [2.24, 2.45) is 0 Å². The number of amides is 2. The minimum absolute atomic E-state index is 0.153. The van der Waals surface area contributed by atoms with Gasteiger partial charge in [0.25, 0.3) is 0 Å². The van der Waals surface area contributed by atoms with E-state index in [-0.39, 0.29) is 24.2 Å². The molecule has 14 nitrogen and oxygen atoms in total. The number of carboxylic acid groups (broad SMARTS) is 1. The molecule has 2 amide bonds. The lowest BCUT2D eigenvalue weighted by atomic mass is 10.00. The van der Waals surface area contributed by atoms with Crippen molar-refractivity contribution < 1.29 is 94.1 Å². The normalized spacial score (nSPS) is 13.7. The Kier molecular flexibility index (Phi) is 23.6. The highest BCUT2D eigenvalue weighted by Crippen LogP contribution is 2.31. The Hall–Kier alpha value is -6.92. The second-order valence-corrected chi connectivity index (χ2v) is 20.1. The van der Waals surface area contributed by atoms with E-state index in [9.17, 15) is 69.0 Å². The van der Waals surface area contributed by atoms with E-state index in [0.29, 0.717) is 5.56 Å². The molecule has 75 heavy (non-hydrogen) atoms. The topological polar surface area (TPSA) is 175 Å². The minimum atomic E-state index is -4.56. The van der Waals surface area contributed by atoms with Crippen LogP contribution in [0.25, 0.3) is 0 Å². The van der Waals surface area contributed by atoms with Gasteiger partial charge in [0.15, 0.2) is 0 Å². The van der Waals surface area contributed by atoms with Crippen molar-refractivity contribution in [3.8, 4) is 12.8 Å². The molecule has 1 N–H and O–H groups in total. The van der Waals surface area contributed by atoms with E-state index in [1.807, 2.05) is 0 Å². The van der Waals surface area contributed by atoms with Crippen molar-refractivity contribution in [2.75, 3.05) is 14.1 Å². The minimum Gasteiger partial charge on any atom is -0.478 e. The van der Waals surface area contributed by atoms with Gasteiger partial charge in [-0.3, -0.25) is 9.80 Å². The second-order valence-electron chi connectivity index (χ2n) is 20.1. The lowest BCUT2D eigenvalue weighted by Gasteiger charge is -2.32. The van der Waals surface area contributed by atoms with E-state index in [2.05, 4.69) is 6.42 Å². The Labute approximate surface area is 433 Å². The summed E-state index contributed by atoms with van der Waals surface area (Å²) in [5.74, 6) is -4.81. The molecule has 4 atom stereocenters. The van der Waals surface area contributed by atoms with Gasteiger partial charge in [0.05, 0.1) is 11.1 Å². The van der Waals surface area contributed by atoms with Crippen LogP contribution >= 0.6 is 0 Å². The number of ether oxygens (including phenoxy) is 5. The van der Waals surface area contributed by atoms with Gasteiger partial charge in [-0.15, -0.1) is 12.8 Å². The van der Waals surface area contributed by atoms with Crippen LogP contribution in [0.3, 0.4) is 0 Å². The van der Waals surface area contributed by atoms with E-state index >= 15 is 0 Å². The maximum absolute atomic E-state index is 14.7. The molecule has 3 aromatic rings. The number of carboxylic acids is 1. The molecule has 0 saturated carbocycles. The zero-order valence-electron chi connectivity index (χ0n) is 44.8. The van der Waals surface area contributed by atoms with E-state index in [4.69, 9.17) is 25.1 Å². The summed E-state index contributed by atoms with van der Waals surface area (Å²) in [6.07, 6.45) is -10.3. The first kappa shape index (κ1) is 64.2. The quantitative estimate of drug-likeness (QED) is 0.0553. The molecule has 3 rings (SSSR count). The second kappa shape index (κ2) is 27.6. The number of terminal acetylenes is 1. The van der Waals surface area contributed by atoms with E-state index in [1.54, 1.807) is 71.9 Å². The molecule has 0 unspecified atom stereocenters. The largest absolute Gasteiger partial charge is 0.478 e. The predicted molar refractivity (Wildman–Crippen MR) is 259 cm³/mol. The number of esters is 3. The molecule has 0 aromatic heterocycles. The Balaban J connectivity index is 0.000000735. The van der Waals surface area contributed by atoms with Gasteiger partial charge in [-0.1, -0.05) is 54.6 Å². The van der Waals surface area contributed by atoms with Gasteiger partial charge in [0.2, 0.25) is 12.2 Å². The third-order valence-corrected chi connectivity index (χ3v) is 9.88. The van der Waals surface area contributed by atoms with E-state index < -0.39 is 126 Å². The molecule has 0 radical (unpaired) electrons. The van der Waals surface area contributed by atoms with Crippen LogP contribution in [0.1, 0.15) is 111 Å². The van der Waals surface area contributed by atoms with Crippen LogP contribution in [0, 0.1) is 12.8 Å². The van der Waals surface area contributed by atoms with Crippen molar-refractivity contribution in [3.05, 3.63) is 107 Å². The fourth-order valence-electron chi connectivity index (χ4n) is 6.30. The number of aliphatic carboxylic acids is 1. The van der Waals surface area contributed by atoms with Gasteiger partial charge in [-0.25, -0.2) is 37.5 Å². The third kappa shape index (κ3) is 25.2. The number of alkyl halides is 8. The predicted octanol–water partition coefficient (Wildman–Crippen LogP) is 11.1. The molecular formula is C53H66F8N2O12. The standard InChI is InChI=1S/C29H35F4NO6.C22H29F4NO6.C2H2/c1-27(2,3)40-26(37)34(6)22(17-28(4,5)30)24(35)39-23(25(36)38-18-20-10-8-7-9-11-20)16-19-12-14-21(15-13-19)29(31,32)33;1-20(2,3)33-19(31)27(6)15(12-21(4,5)23)18(30)32-16(17(28)29)11-13-7-9-14(10-8-13)22(24,25)26;1-2/h7-15,22-23H,16-18H2,1-6H3;7-10,15-16H,11-12H2,1-6H3,(H,28,29);1-2H/t22-,23+;15-,16+;/m00./s1/i;;1D. The molecule has 0 bridgehead atoms. The maximum Gasteiger partial charge on any atom is 0.416 e. The van der Waals surface area contributed by atoms with Gasteiger partial charge in [0.1, 0.15) is 42.6 Å². The van der Waals surface area contributed by atoms with Crippen LogP contribution < -0.4 is 0 Å². The highest BCUT2D eigenvalue weighted by atomic mass is 19.4. The average molecular weight is 1080 g/mol. The number of likely N-dealkylation sites (N-methyl/N-ethyl adjacent to an activating group) is 2. The Bertz CT molecular complexity index is 2400. The van der Waals surface area contributed by atoms with Crippen molar-refractivity contribution >= 4 is 36.1 Å². The number of halogens is 8. The maximum atomic E-state index is 14.7.